The van der Waals surface area contributed by atoms with Crippen molar-refractivity contribution in [3.63, 3.8) is 0 Å². The summed E-state index contributed by atoms with van der Waals surface area (Å²) >= 11 is 0. The predicted molar refractivity (Wildman–Crippen MR) is 50.6 cm³/mol. The van der Waals surface area contributed by atoms with Crippen LogP contribution >= 0.6 is 0 Å². The molecule has 0 unspecified atom stereocenters. The zero-order valence-corrected chi connectivity index (χ0v) is 7.98. The van der Waals surface area contributed by atoms with Gasteiger partial charge in [-0.3, -0.25) is 4.79 Å². The minimum absolute atomic E-state index is 0.167. The summed E-state index contributed by atoms with van der Waals surface area (Å²) < 4.78 is 5.09. The van der Waals surface area contributed by atoms with Gasteiger partial charge in [0.25, 0.3) is 0 Å². The van der Waals surface area contributed by atoms with Crippen LogP contribution in [0.15, 0.2) is 22.8 Å². The van der Waals surface area contributed by atoms with E-state index in [-0.39, 0.29) is 11.7 Å². The lowest BCUT2D eigenvalue weighted by atomic mass is 9.83. The highest BCUT2D eigenvalue weighted by Crippen LogP contribution is 2.32. The summed E-state index contributed by atoms with van der Waals surface area (Å²) in [5, 5.41) is 9.89. The van der Waals surface area contributed by atoms with E-state index in [9.17, 15) is 9.90 Å². The van der Waals surface area contributed by atoms with Crippen molar-refractivity contribution in [3.05, 3.63) is 24.2 Å². The van der Waals surface area contributed by atoms with Crippen LogP contribution in [0, 0.1) is 5.92 Å². The normalized spacial score (nSPS) is 24.9. The maximum Gasteiger partial charge on any atom is 0.139 e. The first-order valence-electron chi connectivity index (χ1n) is 5.03. The molecule has 1 aromatic heterocycles. The Morgan fingerprint density at radius 1 is 1.50 bits per heavy atom. The molecule has 0 saturated heterocycles. The van der Waals surface area contributed by atoms with Crippen molar-refractivity contribution < 1.29 is 14.3 Å². The average molecular weight is 194 g/mol. The fourth-order valence-corrected chi connectivity index (χ4v) is 2.00. The van der Waals surface area contributed by atoms with Crippen LogP contribution in [0.1, 0.15) is 37.5 Å². The molecule has 1 aliphatic carbocycles. The van der Waals surface area contributed by atoms with Gasteiger partial charge in [-0.1, -0.05) is 6.42 Å². The number of ketones is 1. The van der Waals surface area contributed by atoms with Crippen molar-refractivity contribution in [2.45, 2.75) is 31.8 Å². The van der Waals surface area contributed by atoms with Gasteiger partial charge in [0.05, 0.1) is 12.2 Å². The highest BCUT2D eigenvalue weighted by molar-refractivity contribution is 5.82. The molecule has 2 rings (SSSR count). The summed E-state index contributed by atoms with van der Waals surface area (Å²) in [6.07, 6.45) is 4.13. The molecule has 0 spiro atoms. The monoisotopic (exact) mass is 194 g/mol. The predicted octanol–water partition coefficient (Wildman–Crippen LogP) is 2.07. The van der Waals surface area contributed by atoms with Crippen LogP contribution in [0.5, 0.6) is 0 Å². The molecule has 0 radical (unpaired) electrons. The molecule has 1 aromatic rings. The number of hydrogen-bond acceptors (Lipinski definition) is 3. The number of aliphatic hydroxyl groups is 1. The quantitative estimate of drug-likeness (QED) is 0.784. The molecule has 0 aliphatic heterocycles. The van der Waals surface area contributed by atoms with Crippen LogP contribution < -0.4 is 0 Å². The molecule has 3 heteroatoms. The second kappa shape index (κ2) is 3.96. The maximum absolute atomic E-state index is 11.5. The molecular formula is C11H14O3. The lowest BCUT2D eigenvalue weighted by Gasteiger charge is -2.23. The molecule has 1 aliphatic rings. The molecule has 1 saturated carbocycles. The third-order valence-corrected chi connectivity index (χ3v) is 2.82. The van der Waals surface area contributed by atoms with Crippen molar-refractivity contribution in [2.75, 3.05) is 0 Å². The Hall–Kier alpha value is -1.09. The third kappa shape index (κ3) is 1.73. The molecule has 3 nitrogen and oxygen atoms in total. The van der Waals surface area contributed by atoms with Gasteiger partial charge in [-0.15, -0.1) is 0 Å². The summed E-state index contributed by atoms with van der Waals surface area (Å²) in [7, 11) is 0. The minimum Gasteiger partial charge on any atom is -0.467 e. The highest BCUT2D eigenvalue weighted by Gasteiger charge is 2.31. The first-order valence-corrected chi connectivity index (χ1v) is 5.03. The van der Waals surface area contributed by atoms with Crippen LogP contribution in [0.2, 0.25) is 0 Å². The Balaban J connectivity index is 2.10. The fraction of sp³-hybridized carbons (Fsp3) is 0.545. The first kappa shape index (κ1) is 9.46. The average Bonchev–Trinajstić information content (AvgIpc) is 2.70. The Bertz CT molecular complexity index is 302. The topological polar surface area (TPSA) is 50.4 Å². The zero-order chi connectivity index (χ0) is 9.97. The Kier molecular flexibility index (Phi) is 2.68. The Morgan fingerprint density at radius 2 is 2.36 bits per heavy atom. The second-order valence-corrected chi connectivity index (χ2v) is 3.78. The lowest BCUT2D eigenvalue weighted by Crippen LogP contribution is -2.25. The van der Waals surface area contributed by atoms with Crippen LogP contribution in [-0.4, -0.2) is 10.9 Å². The van der Waals surface area contributed by atoms with Gasteiger partial charge in [0.2, 0.25) is 0 Å². The van der Waals surface area contributed by atoms with E-state index in [0.29, 0.717) is 12.2 Å². The van der Waals surface area contributed by atoms with E-state index in [2.05, 4.69) is 0 Å². The number of hydrogen-bond donors (Lipinski definition) is 1. The van der Waals surface area contributed by atoms with Gasteiger partial charge < -0.3 is 9.52 Å². The standard InChI is InChI=1S/C11H14O3/c12-9-5-2-1-4-8(9)11(13)10-6-3-7-14-10/h3,6-8,11,13H,1-2,4-5H2/t8-,11+/m1/s1. The molecule has 1 heterocycles. The van der Waals surface area contributed by atoms with E-state index in [1.165, 1.54) is 6.26 Å². The number of Topliss-reactive ketones (excluding diaryl/α,β-unsaturated/α-hetero) is 1. The molecular weight excluding hydrogens is 180 g/mol. The van der Waals surface area contributed by atoms with E-state index in [1.807, 2.05) is 0 Å². The molecule has 14 heavy (non-hydrogen) atoms. The van der Waals surface area contributed by atoms with Gasteiger partial charge in [-0.25, -0.2) is 0 Å². The summed E-state index contributed by atoms with van der Waals surface area (Å²) in [5.74, 6) is 0.417. The number of furan rings is 1. The van der Waals surface area contributed by atoms with Gasteiger partial charge >= 0.3 is 0 Å². The van der Waals surface area contributed by atoms with Crippen molar-refractivity contribution in [3.8, 4) is 0 Å². The smallest absolute Gasteiger partial charge is 0.139 e. The largest absolute Gasteiger partial charge is 0.467 e. The third-order valence-electron chi connectivity index (χ3n) is 2.82. The molecule has 1 fully saturated rings. The molecule has 0 amide bonds. The van der Waals surface area contributed by atoms with E-state index in [4.69, 9.17) is 4.42 Å². The lowest BCUT2D eigenvalue weighted by molar-refractivity contribution is -0.129. The first-order chi connectivity index (χ1) is 6.79. The summed E-state index contributed by atoms with van der Waals surface area (Å²) in [6, 6.07) is 3.44. The van der Waals surface area contributed by atoms with Gasteiger partial charge in [-0.2, -0.15) is 0 Å². The second-order valence-electron chi connectivity index (χ2n) is 3.78. The van der Waals surface area contributed by atoms with E-state index in [1.54, 1.807) is 12.1 Å². The van der Waals surface area contributed by atoms with Crippen LogP contribution in [0.3, 0.4) is 0 Å². The maximum atomic E-state index is 11.5. The fourth-order valence-electron chi connectivity index (χ4n) is 2.00. The molecule has 76 valence electrons. The van der Waals surface area contributed by atoms with Crippen LogP contribution in [0.25, 0.3) is 0 Å². The SMILES string of the molecule is O=C1CCCC[C@H]1[C@H](O)c1ccco1. The van der Waals surface area contributed by atoms with Gasteiger partial charge in [0.1, 0.15) is 17.6 Å². The minimum atomic E-state index is -0.752. The highest BCUT2D eigenvalue weighted by atomic mass is 16.4. The van der Waals surface area contributed by atoms with E-state index >= 15 is 0 Å². The number of carbonyl (C=O) groups excluding carboxylic acids is 1. The van der Waals surface area contributed by atoms with Crippen LogP contribution in [-0.2, 0) is 4.79 Å². The van der Waals surface area contributed by atoms with Crippen molar-refractivity contribution >= 4 is 5.78 Å². The Labute approximate surface area is 82.7 Å². The summed E-state index contributed by atoms with van der Waals surface area (Å²) in [4.78, 5) is 11.5. The van der Waals surface area contributed by atoms with Crippen molar-refractivity contribution in [2.24, 2.45) is 5.92 Å². The van der Waals surface area contributed by atoms with E-state index < -0.39 is 6.10 Å². The van der Waals surface area contributed by atoms with E-state index in [0.717, 1.165) is 19.3 Å². The Morgan fingerprint density at radius 3 is 3.00 bits per heavy atom. The molecule has 2 atom stereocenters. The number of carbonyl (C=O) groups is 1. The molecule has 0 aromatic carbocycles. The van der Waals surface area contributed by atoms with Gasteiger partial charge in [0, 0.05) is 6.42 Å². The zero-order valence-electron chi connectivity index (χ0n) is 7.98. The van der Waals surface area contributed by atoms with Gasteiger partial charge in [0.15, 0.2) is 0 Å². The summed E-state index contributed by atoms with van der Waals surface area (Å²) in [6.45, 7) is 0. The van der Waals surface area contributed by atoms with Crippen molar-refractivity contribution in [1.82, 2.24) is 0 Å². The summed E-state index contributed by atoms with van der Waals surface area (Å²) in [5.41, 5.74) is 0. The molecule has 1 N–H and O–H groups in total. The number of rotatable bonds is 2. The number of aliphatic hydroxyl groups excluding tert-OH is 1. The van der Waals surface area contributed by atoms with Gasteiger partial charge in [-0.05, 0) is 25.0 Å². The molecule has 0 bridgehead atoms. The van der Waals surface area contributed by atoms with Crippen LogP contribution in [0.4, 0.5) is 0 Å². The van der Waals surface area contributed by atoms with Crippen molar-refractivity contribution in [1.29, 1.82) is 0 Å².